The summed E-state index contributed by atoms with van der Waals surface area (Å²) < 4.78 is 13.1. The van der Waals surface area contributed by atoms with Crippen LogP contribution in [0, 0.1) is 5.92 Å². The van der Waals surface area contributed by atoms with Crippen LogP contribution in [0.25, 0.3) is 0 Å². The standard InChI is InChI=1S/C9H18FN/c1-7(2)6-9-8(10)4-3-5-11-9/h7-9,11H,3-6H2,1-2H3. The summed E-state index contributed by atoms with van der Waals surface area (Å²) in [6, 6.07) is 0.128. The molecule has 0 radical (unpaired) electrons. The molecule has 0 aliphatic carbocycles. The van der Waals surface area contributed by atoms with E-state index >= 15 is 0 Å². The molecule has 0 spiro atoms. The maximum Gasteiger partial charge on any atom is 0.115 e. The molecule has 1 aliphatic heterocycles. The highest BCUT2D eigenvalue weighted by Crippen LogP contribution is 2.18. The third-order valence-electron chi connectivity index (χ3n) is 2.23. The molecule has 1 rings (SSSR count). The van der Waals surface area contributed by atoms with Crippen molar-refractivity contribution in [3.8, 4) is 0 Å². The highest BCUT2D eigenvalue weighted by Gasteiger charge is 2.24. The number of piperidine rings is 1. The zero-order chi connectivity index (χ0) is 8.27. The first kappa shape index (κ1) is 8.98. The van der Waals surface area contributed by atoms with E-state index in [2.05, 4.69) is 19.2 Å². The van der Waals surface area contributed by atoms with Gasteiger partial charge in [-0.25, -0.2) is 4.39 Å². The SMILES string of the molecule is CC(C)CC1NCCCC1F. The van der Waals surface area contributed by atoms with Gasteiger partial charge in [0, 0.05) is 6.04 Å². The predicted octanol–water partition coefficient (Wildman–Crippen LogP) is 2.12. The molecular formula is C9H18FN. The molecule has 0 aromatic rings. The van der Waals surface area contributed by atoms with Gasteiger partial charge in [0.25, 0.3) is 0 Å². The zero-order valence-corrected chi connectivity index (χ0v) is 7.44. The van der Waals surface area contributed by atoms with Gasteiger partial charge in [-0.2, -0.15) is 0 Å². The molecule has 2 unspecified atom stereocenters. The van der Waals surface area contributed by atoms with Crippen LogP contribution in [0.1, 0.15) is 33.1 Å². The molecule has 2 heteroatoms. The third-order valence-corrected chi connectivity index (χ3v) is 2.23. The Balaban J connectivity index is 2.29. The first-order valence-electron chi connectivity index (χ1n) is 4.57. The molecule has 0 aromatic heterocycles. The lowest BCUT2D eigenvalue weighted by Gasteiger charge is -2.28. The first-order valence-corrected chi connectivity index (χ1v) is 4.57. The Kier molecular flexibility index (Phi) is 3.31. The van der Waals surface area contributed by atoms with Crippen LogP contribution in [0.2, 0.25) is 0 Å². The second-order valence-electron chi connectivity index (χ2n) is 3.85. The van der Waals surface area contributed by atoms with Crippen molar-refractivity contribution in [1.82, 2.24) is 5.32 Å². The smallest absolute Gasteiger partial charge is 0.115 e. The normalized spacial score (nSPS) is 32.7. The van der Waals surface area contributed by atoms with E-state index < -0.39 is 6.17 Å². The minimum atomic E-state index is -0.605. The Morgan fingerprint density at radius 1 is 1.55 bits per heavy atom. The van der Waals surface area contributed by atoms with E-state index in [0.717, 1.165) is 25.8 Å². The highest BCUT2D eigenvalue weighted by atomic mass is 19.1. The van der Waals surface area contributed by atoms with Gasteiger partial charge in [0.15, 0.2) is 0 Å². The van der Waals surface area contributed by atoms with Gasteiger partial charge >= 0.3 is 0 Å². The van der Waals surface area contributed by atoms with Gasteiger partial charge in [-0.1, -0.05) is 13.8 Å². The molecule has 2 atom stereocenters. The number of nitrogens with one attached hydrogen (secondary N) is 1. The molecule has 0 bridgehead atoms. The first-order chi connectivity index (χ1) is 5.20. The number of alkyl halides is 1. The molecule has 1 nitrogen and oxygen atoms in total. The summed E-state index contributed by atoms with van der Waals surface area (Å²) in [5.41, 5.74) is 0. The van der Waals surface area contributed by atoms with Gasteiger partial charge in [-0.15, -0.1) is 0 Å². The topological polar surface area (TPSA) is 12.0 Å². The monoisotopic (exact) mass is 159 g/mol. The third kappa shape index (κ3) is 2.78. The van der Waals surface area contributed by atoms with Gasteiger partial charge in [0.2, 0.25) is 0 Å². The van der Waals surface area contributed by atoms with E-state index in [9.17, 15) is 4.39 Å². The number of hydrogen-bond donors (Lipinski definition) is 1. The molecule has 1 saturated heterocycles. The summed E-state index contributed by atoms with van der Waals surface area (Å²) in [7, 11) is 0. The van der Waals surface area contributed by atoms with Crippen molar-refractivity contribution in [2.45, 2.75) is 45.3 Å². The molecule has 0 aromatic carbocycles. The van der Waals surface area contributed by atoms with Gasteiger partial charge in [0.05, 0.1) is 0 Å². The maximum atomic E-state index is 13.1. The average molecular weight is 159 g/mol. The fraction of sp³-hybridized carbons (Fsp3) is 1.00. The average Bonchev–Trinajstić information content (AvgIpc) is 1.93. The second-order valence-corrected chi connectivity index (χ2v) is 3.85. The van der Waals surface area contributed by atoms with Crippen LogP contribution >= 0.6 is 0 Å². The lowest BCUT2D eigenvalue weighted by Crippen LogP contribution is -2.43. The molecular weight excluding hydrogens is 141 g/mol. The molecule has 1 fully saturated rings. The van der Waals surface area contributed by atoms with Gasteiger partial charge in [-0.05, 0) is 31.7 Å². The van der Waals surface area contributed by atoms with Crippen LogP contribution in [0.3, 0.4) is 0 Å². The molecule has 1 heterocycles. The largest absolute Gasteiger partial charge is 0.311 e. The Morgan fingerprint density at radius 3 is 2.82 bits per heavy atom. The predicted molar refractivity (Wildman–Crippen MR) is 45.4 cm³/mol. The van der Waals surface area contributed by atoms with Crippen LogP contribution in [0.5, 0.6) is 0 Å². The fourth-order valence-corrected chi connectivity index (χ4v) is 1.65. The second kappa shape index (κ2) is 4.05. The lowest BCUT2D eigenvalue weighted by molar-refractivity contribution is 0.181. The van der Waals surface area contributed by atoms with Crippen LogP contribution in [0.4, 0.5) is 4.39 Å². The van der Waals surface area contributed by atoms with Crippen molar-refractivity contribution in [2.24, 2.45) is 5.92 Å². The molecule has 1 aliphatic rings. The summed E-state index contributed by atoms with van der Waals surface area (Å²) in [5, 5.41) is 3.23. The van der Waals surface area contributed by atoms with Gasteiger partial charge in [0.1, 0.15) is 6.17 Å². The summed E-state index contributed by atoms with van der Waals surface area (Å²) in [6.07, 6.45) is 2.12. The van der Waals surface area contributed by atoms with Crippen LogP contribution < -0.4 is 5.32 Å². The van der Waals surface area contributed by atoms with E-state index in [1.807, 2.05) is 0 Å². The maximum absolute atomic E-state index is 13.1. The number of hydrogen-bond acceptors (Lipinski definition) is 1. The molecule has 0 saturated carbocycles. The van der Waals surface area contributed by atoms with Crippen molar-refractivity contribution in [1.29, 1.82) is 0 Å². The molecule has 11 heavy (non-hydrogen) atoms. The lowest BCUT2D eigenvalue weighted by atomic mass is 9.94. The molecule has 1 N–H and O–H groups in total. The Bertz CT molecular complexity index is 114. The number of rotatable bonds is 2. The summed E-state index contributed by atoms with van der Waals surface area (Å²) >= 11 is 0. The van der Waals surface area contributed by atoms with Gasteiger partial charge in [-0.3, -0.25) is 0 Å². The highest BCUT2D eigenvalue weighted by molar-refractivity contribution is 4.81. The summed E-state index contributed by atoms with van der Waals surface area (Å²) in [4.78, 5) is 0. The van der Waals surface area contributed by atoms with Crippen molar-refractivity contribution in [3.63, 3.8) is 0 Å². The Labute approximate surface area is 68.4 Å². The minimum absolute atomic E-state index is 0.128. The van der Waals surface area contributed by atoms with E-state index in [-0.39, 0.29) is 6.04 Å². The van der Waals surface area contributed by atoms with Crippen molar-refractivity contribution >= 4 is 0 Å². The number of halogens is 1. The quantitative estimate of drug-likeness (QED) is 0.650. The fourth-order valence-electron chi connectivity index (χ4n) is 1.65. The van der Waals surface area contributed by atoms with E-state index in [1.54, 1.807) is 0 Å². The minimum Gasteiger partial charge on any atom is -0.311 e. The Morgan fingerprint density at radius 2 is 2.27 bits per heavy atom. The zero-order valence-electron chi connectivity index (χ0n) is 7.44. The van der Waals surface area contributed by atoms with Crippen LogP contribution in [-0.4, -0.2) is 18.8 Å². The summed E-state index contributed by atoms with van der Waals surface area (Å²) in [5.74, 6) is 0.601. The van der Waals surface area contributed by atoms with E-state index in [4.69, 9.17) is 0 Å². The van der Waals surface area contributed by atoms with Crippen molar-refractivity contribution in [3.05, 3.63) is 0 Å². The Hall–Kier alpha value is -0.110. The van der Waals surface area contributed by atoms with Crippen LogP contribution in [0.15, 0.2) is 0 Å². The van der Waals surface area contributed by atoms with Crippen molar-refractivity contribution < 1.29 is 4.39 Å². The molecule has 66 valence electrons. The van der Waals surface area contributed by atoms with Gasteiger partial charge < -0.3 is 5.32 Å². The van der Waals surface area contributed by atoms with E-state index in [0.29, 0.717) is 5.92 Å². The van der Waals surface area contributed by atoms with Crippen LogP contribution in [-0.2, 0) is 0 Å². The summed E-state index contributed by atoms with van der Waals surface area (Å²) in [6.45, 7) is 5.28. The van der Waals surface area contributed by atoms with E-state index in [1.165, 1.54) is 0 Å². The molecule has 0 amide bonds. The van der Waals surface area contributed by atoms with Crippen molar-refractivity contribution in [2.75, 3.05) is 6.54 Å².